The first kappa shape index (κ1) is 31.4. The van der Waals surface area contributed by atoms with Gasteiger partial charge >= 0.3 is 5.97 Å². The number of nitrogens with zero attached hydrogens (tertiary/aromatic N) is 1. The summed E-state index contributed by atoms with van der Waals surface area (Å²) in [6.07, 6.45) is 7.44. The highest BCUT2D eigenvalue weighted by atomic mass is 32.2. The number of thioether (sulfide) groups is 1. The molecule has 3 amide bonds. The first-order valence-electron chi connectivity index (χ1n) is 12.2. The average molecular weight is 528 g/mol. The molecule has 1 rings (SSSR count). The predicted octanol–water partition coefficient (Wildman–Crippen LogP) is -0.253. The molecule has 0 aliphatic carbocycles. The highest BCUT2D eigenvalue weighted by molar-refractivity contribution is 7.98. The van der Waals surface area contributed by atoms with Crippen molar-refractivity contribution in [2.75, 3.05) is 18.6 Å². The third-order valence-corrected chi connectivity index (χ3v) is 6.58. The van der Waals surface area contributed by atoms with Crippen LogP contribution in [0.25, 0.3) is 0 Å². The highest BCUT2D eigenvalue weighted by Gasteiger charge is 2.32. The van der Waals surface area contributed by atoms with Crippen molar-refractivity contribution in [1.82, 2.24) is 25.9 Å². The normalized spacial score (nSPS) is 15.2. The Bertz CT molecular complexity index is 824. The van der Waals surface area contributed by atoms with Gasteiger partial charge in [0.1, 0.15) is 18.1 Å². The van der Waals surface area contributed by atoms with Crippen molar-refractivity contribution in [3.8, 4) is 0 Å². The SMILES string of the molecule is CCC(C)C(NC(=O)C(CCCCN)NC(=O)C(N)CCSC)C(=O)NC(Cc1cnc[nH]1)C(=O)O. The van der Waals surface area contributed by atoms with E-state index in [1.54, 1.807) is 18.7 Å². The van der Waals surface area contributed by atoms with E-state index in [4.69, 9.17) is 11.5 Å². The number of carboxylic acids is 1. The molecule has 1 aromatic heterocycles. The van der Waals surface area contributed by atoms with Crippen molar-refractivity contribution in [1.29, 1.82) is 0 Å². The van der Waals surface area contributed by atoms with E-state index in [-0.39, 0.29) is 12.3 Å². The Morgan fingerprint density at radius 2 is 1.78 bits per heavy atom. The van der Waals surface area contributed by atoms with E-state index in [9.17, 15) is 24.3 Å². The number of carboxylic acid groups (broad SMARTS) is 1. The van der Waals surface area contributed by atoms with Crippen LogP contribution in [-0.2, 0) is 25.6 Å². The molecule has 0 aliphatic heterocycles. The van der Waals surface area contributed by atoms with Crippen molar-refractivity contribution in [2.24, 2.45) is 17.4 Å². The van der Waals surface area contributed by atoms with Gasteiger partial charge in [0.2, 0.25) is 17.7 Å². The smallest absolute Gasteiger partial charge is 0.326 e. The number of hydrogen-bond acceptors (Lipinski definition) is 8. The molecule has 36 heavy (non-hydrogen) atoms. The standard InChI is InChI=1S/C23H41N7O5S/c1-4-14(2)19(22(33)29-18(23(34)35)11-15-12-26-13-27-15)30-21(32)17(7-5-6-9-24)28-20(31)16(25)8-10-36-3/h12-14,16-19H,4-11,24-25H2,1-3H3,(H,26,27)(H,28,31)(H,29,33)(H,30,32)(H,34,35). The van der Waals surface area contributed by atoms with Gasteiger partial charge in [-0.15, -0.1) is 0 Å². The number of imidazole rings is 1. The molecular formula is C23H41N7O5S. The second kappa shape index (κ2) is 16.9. The number of hydrogen-bond donors (Lipinski definition) is 7. The molecule has 0 aliphatic rings. The number of amides is 3. The quantitative estimate of drug-likeness (QED) is 0.125. The number of nitrogens with two attached hydrogens (primary N) is 2. The monoisotopic (exact) mass is 527 g/mol. The second-order valence-electron chi connectivity index (χ2n) is 8.79. The van der Waals surface area contributed by atoms with Crippen molar-refractivity contribution in [3.63, 3.8) is 0 Å². The van der Waals surface area contributed by atoms with Gasteiger partial charge in [-0.3, -0.25) is 14.4 Å². The van der Waals surface area contributed by atoms with Gasteiger partial charge in [0.25, 0.3) is 0 Å². The average Bonchev–Trinajstić information content (AvgIpc) is 3.37. The number of carbonyl (C=O) groups is 4. The Kier molecular flexibility index (Phi) is 14.8. The minimum Gasteiger partial charge on any atom is -0.480 e. The van der Waals surface area contributed by atoms with Crippen LogP contribution in [0.15, 0.2) is 12.5 Å². The maximum absolute atomic E-state index is 13.2. The van der Waals surface area contributed by atoms with Gasteiger partial charge in [-0.05, 0) is 50.2 Å². The Labute approximate surface area is 216 Å². The van der Waals surface area contributed by atoms with E-state index in [0.29, 0.717) is 50.1 Å². The summed E-state index contributed by atoms with van der Waals surface area (Å²) in [7, 11) is 0. The Hall–Kier alpha value is -2.64. The summed E-state index contributed by atoms with van der Waals surface area (Å²) in [5, 5.41) is 17.6. The Balaban J connectivity index is 2.97. The van der Waals surface area contributed by atoms with Crippen LogP contribution in [0.5, 0.6) is 0 Å². The lowest BCUT2D eigenvalue weighted by atomic mass is 9.96. The molecule has 5 unspecified atom stereocenters. The molecule has 0 fully saturated rings. The van der Waals surface area contributed by atoms with Crippen LogP contribution in [0.1, 0.15) is 51.6 Å². The van der Waals surface area contributed by atoms with Gasteiger partial charge in [-0.1, -0.05) is 20.3 Å². The Morgan fingerprint density at radius 3 is 2.33 bits per heavy atom. The van der Waals surface area contributed by atoms with E-state index in [0.717, 1.165) is 0 Å². The minimum absolute atomic E-state index is 0.00789. The Morgan fingerprint density at radius 1 is 1.08 bits per heavy atom. The topological polar surface area (TPSA) is 205 Å². The van der Waals surface area contributed by atoms with E-state index in [1.165, 1.54) is 12.5 Å². The number of unbranched alkanes of at least 4 members (excludes halogenated alkanes) is 1. The number of H-pyrrole nitrogens is 1. The van der Waals surface area contributed by atoms with Crippen LogP contribution in [0, 0.1) is 5.92 Å². The molecule has 0 radical (unpaired) electrons. The number of nitrogens with one attached hydrogen (secondary N) is 4. The van der Waals surface area contributed by atoms with Gasteiger partial charge < -0.3 is 37.5 Å². The number of carbonyl (C=O) groups excluding carboxylic acids is 3. The molecule has 1 aromatic rings. The summed E-state index contributed by atoms with van der Waals surface area (Å²) in [6, 6.07) is -3.86. The third-order valence-electron chi connectivity index (χ3n) is 5.94. The van der Waals surface area contributed by atoms with Gasteiger partial charge in [0.05, 0.1) is 12.4 Å². The zero-order valence-electron chi connectivity index (χ0n) is 21.3. The van der Waals surface area contributed by atoms with Crippen LogP contribution in [-0.4, -0.2) is 81.5 Å². The largest absolute Gasteiger partial charge is 0.480 e. The highest BCUT2D eigenvalue weighted by Crippen LogP contribution is 2.11. The van der Waals surface area contributed by atoms with Crippen molar-refractivity contribution >= 4 is 35.5 Å². The zero-order valence-corrected chi connectivity index (χ0v) is 22.1. The molecule has 12 nitrogen and oxygen atoms in total. The molecule has 204 valence electrons. The van der Waals surface area contributed by atoms with Crippen LogP contribution in [0.2, 0.25) is 0 Å². The summed E-state index contributed by atoms with van der Waals surface area (Å²) in [5.74, 6) is -2.38. The van der Waals surface area contributed by atoms with E-state index in [1.807, 2.05) is 13.2 Å². The van der Waals surface area contributed by atoms with E-state index < -0.39 is 47.9 Å². The molecule has 5 atom stereocenters. The third kappa shape index (κ3) is 11.0. The first-order chi connectivity index (χ1) is 17.1. The molecule has 1 heterocycles. The van der Waals surface area contributed by atoms with Crippen LogP contribution in [0.4, 0.5) is 0 Å². The maximum Gasteiger partial charge on any atom is 0.326 e. The lowest BCUT2D eigenvalue weighted by molar-refractivity contribution is -0.142. The van der Waals surface area contributed by atoms with Crippen LogP contribution in [0.3, 0.4) is 0 Å². The molecule has 0 saturated carbocycles. The van der Waals surface area contributed by atoms with Gasteiger partial charge in [0, 0.05) is 18.3 Å². The van der Waals surface area contributed by atoms with Gasteiger partial charge in [0.15, 0.2) is 0 Å². The van der Waals surface area contributed by atoms with Crippen molar-refractivity contribution < 1.29 is 24.3 Å². The molecule has 0 aromatic carbocycles. The zero-order chi connectivity index (χ0) is 27.1. The fourth-order valence-electron chi connectivity index (χ4n) is 3.45. The second-order valence-corrected chi connectivity index (χ2v) is 9.77. The molecule has 0 saturated heterocycles. The lowest BCUT2D eigenvalue weighted by Gasteiger charge is -2.28. The molecule has 0 spiro atoms. The summed E-state index contributed by atoms with van der Waals surface area (Å²) in [4.78, 5) is 57.3. The van der Waals surface area contributed by atoms with Gasteiger partial charge in [-0.2, -0.15) is 11.8 Å². The molecule has 9 N–H and O–H groups in total. The van der Waals surface area contributed by atoms with Gasteiger partial charge in [-0.25, -0.2) is 9.78 Å². The van der Waals surface area contributed by atoms with Crippen molar-refractivity contribution in [2.45, 2.75) is 76.5 Å². The van der Waals surface area contributed by atoms with Crippen LogP contribution >= 0.6 is 11.8 Å². The fourth-order valence-corrected chi connectivity index (χ4v) is 3.94. The summed E-state index contributed by atoms with van der Waals surface area (Å²) < 4.78 is 0. The van der Waals surface area contributed by atoms with E-state index >= 15 is 0 Å². The first-order valence-corrected chi connectivity index (χ1v) is 13.6. The number of rotatable bonds is 18. The van der Waals surface area contributed by atoms with Crippen LogP contribution < -0.4 is 27.4 Å². The number of aromatic nitrogens is 2. The van der Waals surface area contributed by atoms with Crippen molar-refractivity contribution in [3.05, 3.63) is 18.2 Å². The summed E-state index contributed by atoms with van der Waals surface area (Å²) in [6.45, 7) is 4.09. The minimum atomic E-state index is -1.21. The number of aliphatic carboxylic acids is 1. The number of aromatic amines is 1. The lowest BCUT2D eigenvalue weighted by Crippen LogP contribution is -2.58. The fraction of sp³-hybridized carbons (Fsp3) is 0.696. The van der Waals surface area contributed by atoms with E-state index in [2.05, 4.69) is 25.9 Å². The molecule has 0 bridgehead atoms. The molecule has 13 heteroatoms. The predicted molar refractivity (Wildman–Crippen MR) is 139 cm³/mol. The summed E-state index contributed by atoms with van der Waals surface area (Å²) >= 11 is 1.57. The maximum atomic E-state index is 13.2. The summed E-state index contributed by atoms with van der Waals surface area (Å²) in [5.41, 5.74) is 12.1. The molecular weight excluding hydrogens is 486 g/mol.